The monoisotopic (exact) mass is 382 g/mol. The summed E-state index contributed by atoms with van der Waals surface area (Å²) < 4.78 is 12.1. The third-order valence-electron chi connectivity index (χ3n) is 3.67. The Labute approximate surface area is 151 Å². The van der Waals surface area contributed by atoms with Crippen molar-refractivity contribution >= 4 is 15.9 Å². The SMILES string of the molecule is BrCc1cccc(OCc2ccccc2)c1OCc1ccccc1. The zero-order valence-corrected chi connectivity index (χ0v) is 14.9. The van der Waals surface area contributed by atoms with Gasteiger partial charge in [0.05, 0.1) is 0 Å². The van der Waals surface area contributed by atoms with Crippen LogP contribution in [-0.4, -0.2) is 0 Å². The van der Waals surface area contributed by atoms with Crippen molar-refractivity contribution in [1.82, 2.24) is 0 Å². The van der Waals surface area contributed by atoms with Crippen LogP contribution in [0.1, 0.15) is 16.7 Å². The third-order valence-corrected chi connectivity index (χ3v) is 4.27. The highest BCUT2D eigenvalue weighted by Crippen LogP contribution is 2.34. The third kappa shape index (κ3) is 4.39. The fourth-order valence-electron chi connectivity index (χ4n) is 2.41. The van der Waals surface area contributed by atoms with Gasteiger partial charge in [-0.25, -0.2) is 0 Å². The standard InChI is InChI=1S/C21H19BrO2/c22-14-19-12-7-13-20(23-15-17-8-3-1-4-9-17)21(19)24-16-18-10-5-2-6-11-18/h1-13H,14-16H2. The Hall–Kier alpha value is -2.26. The van der Waals surface area contributed by atoms with Crippen molar-refractivity contribution in [3.63, 3.8) is 0 Å². The Morgan fingerprint density at radius 2 is 1.21 bits per heavy atom. The average Bonchev–Trinajstić information content (AvgIpc) is 2.66. The van der Waals surface area contributed by atoms with E-state index in [9.17, 15) is 0 Å². The molecule has 0 aliphatic carbocycles. The minimum Gasteiger partial charge on any atom is -0.485 e. The van der Waals surface area contributed by atoms with Gasteiger partial charge in [0.1, 0.15) is 13.2 Å². The van der Waals surface area contributed by atoms with Gasteiger partial charge in [-0.2, -0.15) is 0 Å². The van der Waals surface area contributed by atoms with E-state index in [-0.39, 0.29) is 0 Å². The van der Waals surface area contributed by atoms with Gasteiger partial charge in [-0.3, -0.25) is 0 Å². The first-order chi connectivity index (χ1) is 11.9. The molecule has 0 fully saturated rings. The zero-order chi connectivity index (χ0) is 16.6. The summed E-state index contributed by atoms with van der Waals surface area (Å²) in [5.74, 6) is 1.57. The second kappa shape index (κ2) is 8.55. The normalized spacial score (nSPS) is 10.4. The molecule has 0 aliphatic rings. The van der Waals surface area contributed by atoms with Crippen LogP contribution in [-0.2, 0) is 18.5 Å². The van der Waals surface area contributed by atoms with E-state index < -0.39 is 0 Å². The maximum absolute atomic E-state index is 6.08. The summed E-state index contributed by atoms with van der Waals surface area (Å²) in [5.41, 5.74) is 3.35. The number of ether oxygens (including phenoxy) is 2. The molecule has 0 heterocycles. The van der Waals surface area contributed by atoms with E-state index in [1.807, 2.05) is 54.6 Å². The molecule has 0 amide bonds. The molecule has 0 N–H and O–H groups in total. The lowest BCUT2D eigenvalue weighted by molar-refractivity contribution is 0.254. The van der Waals surface area contributed by atoms with Gasteiger partial charge in [-0.05, 0) is 17.2 Å². The van der Waals surface area contributed by atoms with E-state index in [4.69, 9.17) is 9.47 Å². The van der Waals surface area contributed by atoms with Crippen molar-refractivity contribution < 1.29 is 9.47 Å². The second-order valence-corrected chi connectivity index (χ2v) is 5.99. The highest BCUT2D eigenvalue weighted by atomic mass is 79.9. The quantitative estimate of drug-likeness (QED) is 0.485. The number of hydrogen-bond donors (Lipinski definition) is 0. The molecule has 0 aromatic heterocycles. The van der Waals surface area contributed by atoms with E-state index in [1.54, 1.807) is 0 Å². The van der Waals surface area contributed by atoms with Gasteiger partial charge in [0, 0.05) is 10.9 Å². The van der Waals surface area contributed by atoms with Gasteiger partial charge in [-0.15, -0.1) is 0 Å². The number of rotatable bonds is 7. The molecule has 24 heavy (non-hydrogen) atoms. The Morgan fingerprint density at radius 1 is 0.625 bits per heavy atom. The summed E-state index contributed by atoms with van der Waals surface area (Å²) >= 11 is 3.53. The van der Waals surface area contributed by atoms with E-state index >= 15 is 0 Å². The molecule has 2 nitrogen and oxygen atoms in total. The largest absolute Gasteiger partial charge is 0.485 e. The molecule has 0 bridgehead atoms. The van der Waals surface area contributed by atoms with E-state index in [1.165, 1.54) is 0 Å². The topological polar surface area (TPSA) is 18.5 Å². The summed E-state index contributed by atoms with van der Waals surface area (Å²) in [6.45, 7) is 1.04. The van der Waals surface area contributed by atoms with Crippen molar-refractivity contribution in [3.8, 4) is 11.5 Å². The number of para-hydroxylation sites is 1. The fraction of sp³-hybridized carbons (Fsp3) is 0.143. The van der Waals surface area contributed by atoms with Crippen molar-refractivity contribution in [2.75, 3.05) is 0 Å². The lowest BCUT2D eigenvalue weighted by Crippen LogP contribution is -2.02. The molecule has 0 spiro atoms. The molecule has 0 unspecified atom stereocenters. The van der Waals surface area contributed by atoms with Crippen LogP contribution in [0.25, 0.3) is 0 Å². The van der Waals surface area contributed by atoms with E-state index in [2.05, 4.69) is 40.2 Å². The second-order valence-electron chi connectivity index (χ2n) is 5.43. The highest BCUT2D eigenvalue weighted by Gasteiger charge is 2.11. The van der Waals surface area contributed by atoms with Gasteiger partial charge in [0.15, 0.2) is 11.5 Å². The first kappa shape index (κ1) is 16.6. The molecular formula is C21H19BrO2. The zero-order valence-electron chi connectivity index (χ0n) is 13.3. The van der Waals surface area contributed by atoms with Crippen molar-refractivity contribution in [2.45, 2.75) is 18.5 Å². The number of halogens is 1. The number of alkyl halides is 1. The van der Waals surface area contributed by atoms with E-state index in [0.29, 0.717) is 13.2 Å². The Bertz CT molecular complexity index is 757. The fourth-order valence-corrected chi connectivity index (χ4v) is 2.85. The Balaban J connectivity index is 1.75. The molecule has 3 aromatic carbocycles. The minimum absolute atomic E-state index is 0.520. The Kier molecular flexibility index (Phi) is 5.91. The van der Waals surface area contributed by atoms with Crippen molar-refractivity contribution in [2.24, 2.45) is 0 Å². The maximum Gasteiger partial charge on any atom is 0.165 e. The molecule has 3 heteroatoms. The lowest BCUT2D eigenvalue weighted by Gasteiger charge is -2.16. The summed E-state index contributed by atoms with van der Waals surface area (Å²) in [6.07, 6.45) is 0. The first-order valence-corrected chi connectivity index (χ1v) is 9.00. The van der Waals surface area contributed by atoms with Crippen LogP contribution >= 0.6 is 15.9 Å². The van der Waals surface area contributed by atoms with Crippen LogP contribution < -0.4 is 9.47 Å². The van der Waals surface area contributed by atoms with Crippen LogP contribution in [0.3, 0.4) is 0 Å². The van der Waals surface area contributed by atoms with Crippen LogP contribution in [0, 0.1) is 0 Å². The summed E-state index contributed by atoms with van der Waals surface area (Å²) in [5, 5.41) is 0.722. The summed E-state index contributed by atoms with van der Waals surface area (Å²) in [7, 11) is 0. The highest BCUT2D eigenvalue weighted by molar-refractivity contribution is 9.08. The van der Waals surface area contributed by atoms with E-state index in [0.717, 1.165) is 33.5 Å². The van der Waals surface area contributed by atoms with Gasteiger partial charge >= 0.3 is 0 Å². The van der Waals surface area contributed by atoms with Gasteiger partial charge < -0.3 is 9.47 Å². The Morgan fingerprint density at radius 3 is 1.79 bits per heavy atom. The molecule has 122 valence electrons. The molecular weight excluding hydrogens is 364 g/mol. The van der Waals surface area contributed by atoms with Gasteiger partial charge in [0.25, 0.3) is 0 Å². The minimum atomic E-state index is 0.520. The lowest BCUT2D eigenvalue weighted by atomic mass is 10.2. The molecule has 3 aromatic rings. The molecule has 0 aliphatic heterocycles. The maximum atomic E-state index is 6.08. The number of hydrogen-bond acceptors (Lipinski definition) is 2. The van der Waals surface area contributed by atoms with Crippen LogP contribution in [0.4, 0.5) is 0 Å². The van der Waals surface area contributed by atoms with Crippen molar-refractivity contribution in [3.05, 3.63) is 95.6 Å². The van der Waals surface area contributed by atoms with Gasteiger partial charge in [-0.1, -0.05) is 88.7 Å². The van der Waals surface area contributed by atoms with Crippen LogP contribution in [0.5, 0.6) is 11.5 Å². The predicted octanol–water partition coefficient (Wildman–Crippen LogP) is 5.74. The molecule has 0 radical (unpaired) electrons. The van der Waals surface area contributed by atoms with Crippen molar-refractivity contribution in [1.29, 1.82) is 0 Å². The molecule has 0 saturated heterocycles. The van der Waals surface area contributed by atoms with Crippen LogP contribution in [0.15, 0.2) is 78.9 Å². The smallest absolute Gasteiger partial charge is 0.165 e. The van der Waals surface area contributed by atoms with Gasteiger partial charge in [0.2, 0.25) is 0 Å². The molecule has 3 rings (SSSR count). The summed E-state index contributed by atoms with van der Waals surface area (Å²) in [4.78, 5) is 0. The summed E-state index contributed by atoms with van der Waals surface area (Å²) in [6, 6.07) is 26.3. The first-order valence-electron chi connectivity index (χ1n) is 7.88. The van der Waals surface area contributed by atoms with Crippen LogP contribution in [0.2, 0.25) is 0 Å². The average molecular weight is 383 g/mol. The molecule has 0 atom stereocenters. The number of benzene rings is 3. The molecule has 0 saturated carbocycles. The predicted molar refractivity (Wildman–Crippen MR) is 101 cm³/mol.